The minimum atomic E-state index is -0.0519. The van der Waals surface area contributed by atoms with Crippen LogP contribution in [0.1, 0.15) is 30.7 Å². The second kappa shape index (κ2) is 9.01. The van der Waals surface area contributed by atoms with Crippen molar-refractivity contribution in [3.05, 3.63) is 58.9 Å². The number of anilines is 1. The van der Waals surface area contributed by atoms with Gasteiger partial charge in [-0.05, 0) is 50.1 Å². The summed E-state index contributed by atoms with van der Waals surface area (Å²) in [5, 5.41) is 12.3. The van der Waals surface area contributed by atoms with Crippen molar-refractivity contribution in [2.45, 2.75) is 44.0 Å². The van der Waals surface area contributed by atoms with Crippen LogP contribution in [-0.2, 0) is 17.8 Å². The van der Waals surface area contributed by atoms with Crippen LogP contribution in [-0.4, -0.2) is 26.4 Å². The number of nitrogens with zero attached hydrogens (tertiary/aromatic N) is 3. The van der Waals surface area contributed by atoms with Crippen molar-refractivity contribution in [2.24, 2.45) is 0 Å². The largest absolute Gasteiger partial charge is 0.325 e. The van der Waals surface area contributed by atoms with Crippen molar-refractivity contribution < 1.29 is 4.79 Å². The Kier molecular flexibility index (Phi) is 6.21. The third-order valence-corrected chi connectivity index (χ3v) is 6.33. The average Bonchev–Trinajstić information content (AvgIpc) is 2.96. The van der Waals surface area contributed by atoms with Crippen LogP contribution >= 0.6 is 23.4 Å². The van der Waals surface area contributed by atoms with Gasteiger partial charge in [0.1, 0.15) is 5.82 Å². The number of fused-ring (bicyclic) bond motifs is 1. The number of amides is 1. The third-order valence-electron chi connectivity index (χ3n) is 4.99. The highest BCUT2D eigenvalue weighted by Crippen LogP contribution is 2.31. The van der Waals surface area contributed by atoms with E-state index in [1.165, 1.54) is 23.7 Å². The van der Waals surface area contributed by atoms with E-state index in [0.717, 1.165) is 47.9 Å². The van der Waals surface area contributed by atoms with Gasteiger partial charge < -0.3 is 9.88 Å². The van der Waals surface area contributed by atoms with E-state index in [4.69, 9.17) is 11.6 Å². The predicted molar refractivity (Wildman–Crippen MR) is 119 cm³/mol. The molecule has 150 valence electrons. The molecule has 29 heavy (non-hydrogen) atoms. The van der Waals surface area contributed by atoms with Gasteiger partial charge in [-0.25, -0.2) is 0 Å². The van der Waals surface area contributed by atoms with Gasteiger partial charge in [0, 0.05) is 29.1 Å². The Labute approximate surface area is 179 Å². The number of hydrogen-bond acceptors (Lipinski definition) is 4. The molecule has 0 fully saturated rings. The number of halogens is 1. The molecule has 2 heterocycles. The van der Waals surface area contributed by atoms with E-state index < -0.39 is 0 Å². The van der Waals surface area contributed by atoms with E-state index in [1.54, 1.807) is 6.07 Å². The van der Waals surface area contributed by atoms with Crippen LogP contribution in [0.2, 0.25) is 5.02 Å². The standard InChI is InChI=1S/C22H23ClN4OS/c1-15-6-9-17(10-7-15)29-14-21(28)24-16-8-11-19(23)18(13-16)22-26-25-20-5-3-2-4-12-27(20)22/h6-11,13H,2-5,12,14H2,1H3,(H,24,28). The van der Waals surface area contributed by atoms with Gasteiger partial charge in [0.2, 0.25) is 5.91 Å². The molecule has 0 aliphatic carbocycles. The lowest BCUT2D eigenvalue weighted by Gasteiger charge is -2.11. The van der Waals surface area contributed by atoms with E-state index in [2.05, 4.69) is 20.1 Å². The molecule has 1 amide bonds. The highest BCUT2D eigenvalue weighted by atomic mass is 35.5. The molecule has 0 unspecified atom stereocenters. The maximum absolute atomic E-state index is 12.4. The minimum absolute atomic E-state index is 0.0519. The van der Waals surface area contributed by atoms with Gasteiger partial charge in [-0.3, -0.25) is 4.79 Å². The first-order chi connectivity index (χ1) is 14.1. The first-order valence-corrected chi connectivity index (χ1v) is 11.2. The Morgan fingerprint density at radius 3 is 2.79 bits per heavy atom. The Hall–Kier alpha value is -2.31. The zero-order valence-corrected chi connectivity index (χ0v) is 17.9. The summed E-state index contributed by atoms with van der Waals surface area (Å²) in [6, 6.07) is 13.7. The second-order valence-electron chi connectivity index (χ2n) is 7.25. The molecule has 1 N–H and O–H groups in total. The van der Waals surface area contributed by atoms with E-state index in [-0.39, 0.29) is 5.91 Å². The first kappa shape index (κ1) is 20.0. The van der Waals surface area contributed by atoms with Gasteiger partial charge in [0.15, 0.2) is 5.82 Å². The number of benzene rings is 2. The summed E-state index contributed by atoms with van der Waals surface area (Å²) >= 11 is 7.98. The summed E-state index contributed by atoms with van der Waals surface area (Å²) < 4.78 is 2.16. The summed E-state index contributed by atoms with van der Waals surface area (Å²) in [6.45, 7) is 2.95. The first-order valence-electron chi connectivity index (χ1n) is 9.81. The van der Waals surface area contributed by atoms with Crippen molar-refractivity contribution >= 4 is 35.0 Å². The minimum Gasteiger partial charge on any atom is -0.325 e. The fourth-order valence-corrected chi connectivity index (χ4v) is 4.34. The van der Waals surface area contributed by atoms with E-state index >= 15 is 0 Å². The van der Waals surface area contributed by atoms with Crippen LogP contribution in [0.25, 0.3) is 11.4 Å². The van der Waals surface area contributed by atoms with Crippen molar-refractivity contribution in [1.29, 1.82) is 0 Å². The van der Waals surface area contributed by atoms with E-state index in [0.29, 0.717) is 16.5 Å². The number of rotatable bonds is 5. The molecule has 0 spiro atoms. The van der Waals surface area contributed by atoms with Crippen LogP contribution in [0, 0.1) is 6.92 Å². The predicted octanol–water partition coefficient (Wildman–Crippen LogP) is 5.36. The van der Waals surface area contributed by atoms with Crippen LogP contribution in [0.3, 0.4) is 0 Å². The van der Waals surface area contributed by atoms with Gasteiger partial charge in [-0.1, -0.05) is 35.7 Å². The fraction of sp³-hybridized carbons (Fsp3) is 0.318. The number of carbonyl (C=O) groups excluding carboxylic acids is 1. The molecule has 1 aliphatic rings. The highest BCUT2D eigenvalue weighted by Gasteiger charge is 2.18. The van der Waals surface area contributed by atoms with Gasteiger partial charge in [0.05, 0.1) is 10.8 Å². The van der Waals surface area contributed by atoms with Crippen molar-refractivity contribution in [2.75, 3.05) is 11.1 Å². The maximum Gasteiger partial charge on any atom is 0.234 e. The van der Waals surface area contributed by atoms with Crippen molar-refractivity contribution in [3.63, 3.8) is 0 Å². The Morgan fingerprint density at radius 2 is 1.97 bits per heavy atom. The summed E-state index contributed by atoms with van der Waals surface area (Å²) in [6.07, 6.45) is 4.39. The molecule has 7 heteroatoms. The van der Waals surface area contributed by atoms with Crippen LogP contribution in [0.15, 0.2) is 47.4 Å². The number of aromatic nitrogens is 3. The monoisotopic (exact) mass is 426 g/mol. The van der Waals surface area contributed by atoms with Gasteiger partial charge >= 0.3 is 0 Å². The summed E-state index contributed by atoms with van der Waals surface area (Å²) in [5.41, 5.74) is 2.72. The normalized spacial score (nSPS) is 13.6. The second-order valence-corrected chi connectivity index (χ2v) is 8.70. The maximum atomic E-state index is 12.4. The smallest absolute Gasteiger partial charge is 0.234 e. The topological polar surface area (TPSA) is 59.8 Å². The number of carbonyl (C=O) groups is 1. The SMILES string of the molecule is Cc1ccc(SCC(=O)Nc2ccc(Cl)c(-c3nnc4n3CCCCC4)c2)cc1. The molecule has 0 saturated carbocycles. The molecule has 1 aliphatic heterocycles. The van der Waals surface area contributed by atoms with Crippen molar-refractivity contribution in [3.8, 4) is 11.4 Å². The fourth-order valence-electron chi connectivity index (χ4n) is 3.44. The average molecular weight is 427 g/mol. The van der Waals surface area contributed by atoms with Gasteiger partial charge in [-0.15, -0.1) is 22.0 Å². The van der Waals surface area contributed by atoms with E-state index in [9.17, 15) is 4.79 Å². The lowest BCUT2D eigenvalue weighted by atomic mass is 10.1. The highest BCUT2D eigenvalue weighted by molar-refractivity contribution is 8.00. The molecular weight excluding hydrogens is 404 g/mol. The molecule has 2 aromatic carbocycles. The lowest BCUT2D eigenvalue weighted by molar-refractivity contribution is -0.113. The van der Waals surface area contributed by atoms with Crippen LogP contribution in [0.5, 0.6) is 0 Å². The summed E-state index contributed by atoms with van der Waals surface area (Å²) in [5.74, 6) is 2.08. The van der Waals surface area contributed by atoms with Gasteiger partial charge in [0.25, 0.3) is 0 Å². The molecule has 0 atom stereocenters. The molecule has 0 bridgehead atoms. The number of aryl methyl sites for hydroxylation is 2. The molecule has 3 aromatic rings. The molecule has 4 rings (SSSR count). The molecule has 1 aromatic heterocycles. The number of nitrogens with one attached hydrogen (secondary N) is 1. The van der Waals surface area contributed by atoms with E-state index in [1.807, 2.05) is 43.3 Å². The van der Waals surface area contributed by atoms with Crippen LogP contribution < -0.4 is 5.32 Å². The number of thioether (sulfide) groups is 1. The molecule has 5 nitrogen and oxygen atoms in total. The zero-order valence-electron chi connectivity index (χ0n) is 16.3. The Morgan fingerprint density at radius 1 is 1.14 bits per heavy atom. The van der Waals surface area contributed by atoms with Crippen molar-refractivity contribution in [1.82, 2.24) is 14.8 Å². The quantitative estimate of drug-likeness (QED) is 0.557. The third kappa shape index (κ3) is 4.82. The van der Waals surface area contributed by atoms with Gasteiger partial charge in [-0.2, -0.15) is 0 Å². The lowest BCUT2D eigenvalue weighted by Crippen LogP contribution is -2.14. The Bertz CT molecular complexity index is 1020. The summed E-state index contributed by atoms with van der Waals surface area (Å²) in [4.78, 5) is 13.5. The molecule has 0 radical (unpaired) electrons. The molecule has 0 saturated heterocycles. The number of hydrogen-bond donors (Lipinski definition) is 1. The van der Waals surface area contributed by atoms with Crippen LogP contribution in [0.4, 0.5) is 5.69 Å². The zero-order chi connectivity index (χ0) is 20.2. The summed E-state index contributed by atoms with van der Waals surface area (Å²) in [7, 11) is 0. The molecular formula is C22H23ClN4OS. The Balaban J connectivity index is 1.48.